The molecule has 1 amide bonds. The first kappa shape index (κ1) is 30.6. The number of fused-ring (bicyclic) bond motifs is 1. The molecule has 0 spiro atoms. The SMILES string of the molecule is CNc1nc(N2CCN(C)CC2)nc(N2CC(OC(=O)C(F)(F)F)c3cc(C(=O)NCc4ccc(Cl)cc4Cl)ccc32)n1. The molecule has 3 aromatic rings. The number of likely N-dealkylation sites (N-methyl/N-ethyl adjacent to an activating group) is 1. The van der Waals surface area contributed by atoms with E-state index in [1.54, 1.807) is 36.2 Å². The van der Waals surface area contributed by atoms with Crippen molar-refractivity contribution in [3.8, 4) is 0 Å². The Labute approximate surface area is 254 Å². The van der Waals surface area contributed by atoms with Gasteiger partial charge < -0.3 is 30.1 Å². The predicted molar refractivity (Wildman–Crippen MR) is 155 cm³/mol. The number of nitrogens with one attached hydrogen (secondary N) is 2. The van der Waals surface area contributed by atoms with Crippen LogP contribution in [0.3, 0.4) is 0 Å². The lowest BCUT2D eigenvalue weighted by molar-refractivity contribution is -0.204. The summed E-state index contributed by atoms with van der Waals surface area (Å²) in [5.41, 5.74) is 1.34. The van der Waals surface area contributed by atoms with E-state index >= 15 is 0 Å². The Kier molecular flexibility index (Phi) is 8.81. The number of hydrogen-bond acceptors (Lipinski definition) is 10. The highest BCUT2D eigenvalue weighted by Crippen LogP contribution is 2.42. The molecule has 11 nitrogen and oxygen atoms in total. The Balaban J connectivity index is 1.46. The van der Waals surface area contributed by atoms with Gasteiger partial charge in [-0.2, -0.15) is 28.1 Å². The van der Waals surface area contributed by atoms with Crippen LogP contribution in [0.5, 0.6) is 0 Å². The van der Waals surface area contributed by atoms with Gasteiger partial charge in [-0.25, -0.2) is 4.79 Å². The average Bonchev–Trinajstić information content (AvgIpc) is 3.33. The fourth-order valence-electron chi connectivity index (χ4n) is 4.73. The quantitative estimate of drug-likeness (QED) is 0.365. The second-order valence-electron chi connectivity index (χ2n) is 9.99. The van der Waals surface area contributed by atoms with Gasteiger partial charge >= 0.3 is 12.1 Å². The Hall–Kier alpha value is -3.88. The van der Waals surface area contributed by atoms with Crippen LogP contribution in [0, 0.1) is 0 Å². The summed E-state index contributed by atoms with van der Waals surface area (Å²) >= 11 is 12.1. The van der Waals surface area contributed by atoms with Gasteiger partial charge in [0.15, 0.2) is 0 Å². The molecule has 2 aliphatic rings. The monoisotopic (exact) mass is 638 g/mol. The van der Waals surface area contributed by atoms with Crippen molar-refractivity contribution in [3.05, 3.63) is 63.1 Å². The fourth-order valence-corrected chi connectivity index (χ4v) is 5.20. The van der Waals surface area contributed by atoms with E-state index in [0.717, 1.165) is 13.1 Å². The molecule has 2 aromatic carbocycles. The molecule has 0 bridgehead atoms. The molecule has 0 saturated carbocycles. The predicted octanol–water partition coefficient (Wildman–Crippen LogP) is 4.20. The number of anilines is 4. The minimum atomic E-state index is -5.21. The lowest BCUT2D eigenvalue weighted by atomic mass is 10.1. The number of nitrogens with zero attached hydrogens (tertiary/aromatic N) is 6. The molecular formula is C27H27Cl2F3N8O3. The van der Waals surface area contributed by atoms with Crippen LogP contribution in [0.1, 0.15) is 27.6 Å². The van der Waals surface area contributed by atoms with Gasteiger partial charge in [0.2, 0.25) is 17.8 Å². The summed E-state index contributed by atoms with van der Waals surface area (Å²) < 4.78 is 44.5. The Morgan fingerprint density at radius 1 is 1.02 bits per heavy atom. The lowest BCUT2D eigenvalue weighted by Gasteiger charge is -2.32. The number of piperazine rings is 1. The van der Waals surface area contributed by atoms with Crippen LogP contribution in [0.15, 0.2) is 36.4 Å². The maximum atomic E-state index is 13.2. The zero-order valence-electron chi connectivity index (χ0n) is 23.1. The number of ether oxygens (including phenoxy) is 1. The molecule has 3 heterocycles. The van der Waals surface area contributed by atoms with Gasteiger partial charge in [-0.15, -0.1) is 0 Å². The third-order valence-corrected chi connectivity index (χ3v) is 7.66. The minimum absolute atomic E-state index is 0.0806. The number of carbonyl (C=O) groups is 2. The maximum absolute atomic E-state index is 13.2. The molecule has 2 aliphatic heterocycles. The molecule has 2 N–H and O–H groups in total. The number of alkyl halides is 3. The van der Waals surface area contributed by atoms with Gasteiger partial charge in [-0.1, -0.05) is 29.3 Å². The van der Waals surface area contributed by atoms with E-state index in [-0.39, 0.29) is 36.1 Å². The van der Waals surface area contributed by atoms with Crippen LogP contribution >= 0.6 is 23.2 Å². The molecule has 0 radical (unpaired) electrons. The zero-order chi connectivity index (χ0) is 30.9. The highest BCUT2D eigenvalue weighted by Gasteiger charge is 2.45. The molecule has 43 heavy (non-hydrogen) atoms. The minimum Gasteiger partial charge on any atom is -0.449 e. The first-order chi connectivity index (χ1) is 20.4. The van der Waals surface area contributed by atoms with Crippen molar-refractivity contribution in [2.45, 2.75) is 18.8 Å². The highest BCUT2D eigenvalue weighted by atomic mass is 35.5. The number of halogens is 5. The van der Waals surface area contributed by atoms with E-state index in [1.165, 1.54) is 12.1 Å². The molecule has 1 saturated heterocycles. The van der Waals surface area contributed by atoms with Crippen LogP contribution in [-0.4, -0.2) is 84.7 Å². The zero-order valence-corrected chi connectivity index (χ0v) is 24.6. The van der Waals surface area contributed by atoms with Gasteiger partial charge in [0.1, 0.15) is 6.10 Å². The van der Waals surface area contributed by atoms with Crippen LogP contribution < -0.4 is 20.4 Å². The average molecular weight is 639 g/mol. The van der Waals surface area contributed by atoms with Crippen molar-refractivity contribution in [3.63, 3.8) is 0 Å². The first-order valence-electron chi connectivity index (χ1n) is 13.2. The molecule has 1 fully saturated rings. The van der Waals surface area contributed by atoms with E-state index in [9.17, 15) is 22.8 Å². The highest BCUT2D eigenvalue weighted by molar-refractivity contribution is 6.35. The molecule has 1 unspecified atom stereocenters. The van der Waals surface area contributed by atoms with Crippen LogP contribution in [-0.2, 0) is 16.1 Å². The summed E-state index contributed by atoms with van der Waals surface area (Å²) in [7, 11) is 3.65. The van der Waals surface area contributed by atoms with Crippen molar-refractivity contribution < 1.29 is 27.5 Å². The first-order valence-corrected chi connectivity index (χ1v) is 14.0. The van der Waals surface area contributed by atoms with Gasteiger partial charge in [-0.3, -0.25) is 4.79 Å². The topological polar surface area (TPSA) is 116 Å². The van der Waals surface area contributed by atoms with Gasteiger partial charge in [0, 0.05) is 60.9 Å². The molecule has 5 rings (SSSR count). The van der Waals surface area contributed by atoms with E-state index in [2.05, 4.69) is 30.5 Å². The number of hydrogen-bond donors (Lipinski definition) is 2. The van der Waals surface area contributed by atoms with E-state index < -0.39 is 24.2 Å². The van der Waals surface area contributed by atoms with E-state index in [0.29, 0.717) is 40.3 Å². The molecule has 1 atom stereocenters. The molecule has 1 aromatic heterocycles. The standard InChI is InChI=1S/C27H27Cl2F3N8O3/c1-33-24-35-25(39-9-7-38(2)8-10-39)37-26(36-24)40-14-21(43-23(42)27(30,31)32)18-11-15(4-6-20(18)40)22(41)34-13-16-3-5-17(28)12-19(16)29/h3-6,11-12,21H,7-10,13-14H2,1-2H3,(H,34,41)(H,33,35,36,37). The number of carbonyl (C=O) groups excluding carboxylic acids is 2. The van der Waals surface area contributed by atoms with Gasteiger partial charge in [0.25, 0.3) is 5.91 Å². The van der Waals surface area contributed by atoms with Crippen molar-refractivity contribution in [2.75, 3.05) is 61.9 Å². The second-order valence-corrected chi connectivity index (χ2v) is 10.8. The van der Waals surface area contributed by atoms with Crippen LogP contribution in [0.25, 0.3) is 0 Å². The third kappa shape index (κ3) is 6.86. The van der Waals surface area contributed by atoms with Crippen molar-refractivity contribution in [1.82, 2.24) is 25.2 Å². The second kappa shape index (κ2) is 12.4. The van der Waals surface area contributed by atoms with Gasteiger partial charge in [0.05, 0.1) is 12.2 Å². The van der Waals surface area contributed by atoms with Crippen molar-refractivity contribution in [2.24, 2.45) is 0 Å². The van der Waals surface area contributed by atoms with Crippen LogP contribution in [0.4, 0.5) is 36.7 Å². The molecular weight excluding hydrogens is 612 g/mol. The fraction of sp³-hybridized carbons (Fsp3) is 0.370. The molecule has 0 aliphatic carbocycles. The normalized spacial score (nSPS) is 17.0. The lowest BCUT2D eigenvalue weighted by Crippen LogP contribution is -2.45. The van der Waals surface area contributed by atoms with Crippen molar-refractivity contribution in [1.29, 1.82) is 0 Å². The molecule has 228 valence electrons. The van der Waals surface area contributed by atoms with E-state index in [4.69, 9.17) is 27.9 Å². The third-order valence-electron chi connectivity index (χ3n) is 7.07. The summed E-state index contributed by atoms with van der Waals surface area (Å²) in [5, 5.41) is 6.44. The number of rotatable bonds is 7. The maximum Gasteiger partial charge on any atom is 0.490 e. The largest absolute Gasteiger partial charge is 0.490 e. The Morgan fingerprint density at radius 3 is 2.42 bits per heavy atom. The molecule has 16 heteroatoms. The number of aromatic nitrogens is 3. The Morgan fingerprint density at radius 2 is 1.74 bits per heavy atom. The number of amides is 1. The van der Waals surface area contributed by atoms with E-state index in [1.807, 2.05) is 11.9 Å². The summed E-state index contributed by atoms with van der Waals surface area (Å²) in [6.45, 7) is 2.81. The van der Waals surface area contributed by atoms with Crippen molar-refractivity contribution >= 4 is 58.6 Å². The smallest absolute Gasteiger partial charge is 0.449 e. The summed E-state index contributed by atoms with van der Waals surface area (Å²) in [6, 6.07) is 9.31. The number of esters is 1. The summed E-state index contributed by atoms with van der Waals surface area (Å²) in [4.78, 5) is 44.1. The summed E-state index contributed by atoms with van der Waals surface area (Å²) in [5.74, 6) is -2.05. The number of benzene rings is 2. The Bertz CT molecular complexity index is 1540. The summed E-state index contributed by atoms with van der Waals surface area (Å²) in [6.07, 6.45) is -6.56. The van der Waals surface area contributed by atoms with Crippen LogP contribution in [0.2, 0.25) is 10.0 Å². The van der Waals surface area contributed by atoms with Gasteiger partial charge in [-0.05, 0) is 42.9 Å².